The number of carbonyl (C=O) groups excluding carboxylic acids is 1. The summed E-state index contributed by atoms with van der Waals surface area (Å²) in [5.74, 6) is 5.33. The van der Waals surface area contributed by atoms with Crippen LogP contribution in [-0.4, -0.2) is 75.9 Å². The van der Waals surface area contributed by atoms with Crippen LogP contribution in [0.15, 0.2) is 54.6 Å². The molecular weight excluding hydrogens is 736 g/mol. The largest absolute Gasteiger partial charge is 0.416 e. The molecule has 4 heterocycles. The predicted molar refractivity (Wildman–Crippen MR) is 185 cm³/mol. The highest BCUT2D eigenvalue weighted by Crippen LogP contribution is 2.38. The molecule has 10 nitrogen and oxygen atoms in total. The highest BCUT2D eigenvalue weighted by Gasteiger charge is 2.34. The van der Waals surface area contributed by atoms with Crippen LogP contribution in [0, 0.1) is 11.8 Å². The summed E-state index contributed by atoms with van der Waals surface area (Å²) in [6.07, 6.45) is -1.95. The SMILES string of the molecule is O=C(NN1CCCCC1)c1nn(-c2ccc(Cl)cc2Cl)c(-c2ccc(C#Cc3ccc(C(F)(F)F)cc3)s2)c1CN(N1CC[C@@H](O)C1)[SH](=O)=O. The second-order valence-electron chi connectivity index (χ2n) is 11.8. The first kappa shape index (κ1) is 36.3. The average Bonchev–Trinajstić information content (AvgIpc) is 3.81. The maximum atomic E-state index is 14.0. The molecule has 6 rings (SSSR count). The van der Waals surface area contributed by atoms with Gasteiger partial charge in [-0.1, -0.05) is 41.5 Å². The standard InChI is InChI=1S/C33H31Cl2F3N6O4S2/c34-23-9-12-28(27(35)18-23)44-31(29-13-11-25(49-29)10-6-21-4-7-22(8-5-21)33(36,37)38)26(20-43(50(47)48)42-17-14-24(45)19-42)30(39-44)32(46)40-41-15-2-1-3-16-41/h4-5,7-9,11-13,18,24,45,50H,1-3,14-17,19-20H2,(H,40,46)/t24-/m1/s1. The number of hydrogen-bond acceptors (Lipinski definition) is 8. The first-order valence-electron chi connectivity index (χ1n) is 15.6. The van der Waals surface area contributed by atoms with Crippen molar-refractivity contribution >= 4 is 51.3 Å². The van der Waals surface area contributed by atoms with Crippen LogP contribution in [0.2, 0.25) is 10.0 Å². The fraction of sp³-hybridized carbons (Fsp3) is 0.333. The van der Waals surface area contributed by atoms with Gasteiger partial charge in [0.15, 0.2) is 5.69 Å². The molecule has 1 atom stereocenters. The molecule has 2 saturated heterocycles. The van der Waals surface area contributed by atoms with E-state index in [9.17, 15) is 31.5 Å². The lowest BCUT2D eigenvalue weighted by Crippen LogP contribution is -2.45. The number of aliphatic hydroxyl groups excluding tert-OH is 1. The van der Waals surface area contributed by atoms with Gasteiger partial charge >= 0.3 is 6.18 Å². The molecule has 2 aromatic carbocycles. The summed E-state index contributed by atoms with van der Waals surface area (Å²) in [5.41, 5.74) is 3.56. The maximum absolute atomic E-state index is 14.0. The van der Waals surface area contributed by atoms with Crippen molar-refractivity contribution in [1.29, 1.82) is 0 Å². The summed E-state index contributed by atoms with van der Waals surface area (Å²) in [6.45, 7) is 1.39. The van der Waals surface area contributed by atoms with E-state index < -0.39 is 34.6 Å². The molecule has 0 radical (unpaired) electrons. The topological polar surface area (TPSA) is 111 Å². The van der Waals surface area contributed by atoms with Crippen molar-refractivity contribution in [3.63, 3.8) is 0 Å². The molecule has 0 saturated carbocycles. The maximum Gasteiger partial charge on any atom is 0.416 e. The zero-order valence-electron chi connectivity index (χ0n) is 26.3. The van der Waals surface area contributed by atoms with Gasteiger partial charge in [-0.05, 0) is 73.9 Å². The number of aliphatic hydroxyl groups is 1. The van der Waals surface area contributed by atoms with Gasteiger partial charge in [0.1, 0.15) is 0 Å². The summed E-state index contributed by atoms with van der Waals surface area (Å²) in [5, 5.41) is 18.9. The number of hydrogen-bond donors (Lipinski definition) is 3. The molecule has 2 aliphatic rings. The molecule has 2 N–H and O–H groups in total. The molecule has 0 spiro atoms. The zero-order valence-corrected chi connectivity index (χ0v) is 29.5. The fourth-order valence-corrected chi connectivity index (χ4v) is 7.84. The minimum atomic E-state index is -4.46. The fourth-order valence-electron chi connectivity index (χ4n) is 5.81. The third-order valence-electron chi connectivity index (χ3n) is 8.29. The van der Waals surface area contributed by atoms with Crippen molar-refractivity contribution < 1.29 is 31.5 Å². The van der Waals surface area contributed by atoms with Gasteiger partial charge in [0, 0.05) is 42.3 Å². The number of amides is 1. The summed E-state index contributed by atoms with van der Waals surface area (Å²) in [7, 11) is -3.20. The Balaban J connectivity index is 1.47. The van der Waals surface area contributed by atoms with E-state index in [0.717, 1.165) is 35.8 Å². The number of carbonyl (C=O) groups is 1. The highest BCUT2D eigenvalue weighted by atomic mass is 35.5. The third-order valence-corrected chi connectivity index (χ3v) is 10.6. The lowest BCUT2D eigenvalue weighted by atomic mass is 10.1. The second-order valence-corrected chi connectivity index (χ2v) is 14.6. The zero-order chi connectivity index (χ0) is 35.6. The van der Waals surface area contributed by atoms with Crippen LogP contribution < -0.4 is 5.43 Å². The third kappa shape index (κ3) is 8.35. The Kier molecular flexibility index (Phi) is 11.2. The molecule has 2 aliphatic heterocycles. The number of aromatic nitrogens is 2. The lowest BCUT2D eigenvalue weighted by molar-refractivity contribution is -0.137. The number of thiophene rings is 1. The van der Waals surface area contributed by atoms with E-state index >= 15 is 0 Å². The molecule has 2 fully saturated rings. The lowest BCUT2D eigenvalue weighted by Gasteiger charge is -2.27. The molecule has 17 heteroatoms. The molecule has 0 aliphatic carbocycles. The van der Waals surface area contributed by atoms with Crippen LogP contribution in [0.25, 0.3) is 16.3 Å². The van der Waals surface area contributed by atoms with E-state index in [-0.39, 0.29) is 35.9 Å². The van der Waals surface area contributed by atoms with Crippen molar-refractivity contribution in [2.75, 3.05) is 26.2 Å². The number of rotatable bonds is 8. The Bertz CT molecular complexity index is 2010. The number of nitrogens with zero attached hydrogens (tertiary/aromatic N) is 5. The Morgan fingerprint density at radius 2 is 1.78 bits per heavy atom. The number of alkyl halides is 3. The van der Waals surface area contributed by atoms with Crippen molar-refractivity contribution in [3.8, 4) is 28.1 Å². The van der Waals surface area contributed by atoms with E-state index in [1.165, 1.54) is 39.2 Å². The first-order chi connectivity index (χ1) is 23.9. The second kappa shape index (κ2) is 15.4. The smallest absolute Gasteiger partial charge is 0.392 e. The van der Waals surface area contributed by atoms with Crippen LogP contribution in [0.5, 0.6) is 0 Å². The van der Waals surface area contributed by atoms with E-state index in [0.29, 0.717) is 51.2 Å². The summed E-state index contributed by atoms with van der Waals surface area (Å²) in [4.78, 5) is 15.1. The van der Waals surface area contributed by atoms with Crippen LogP contribution in [0.3, 0.4) is 0 Å². The van der Waals surface area contributed by atoms with Crippen LogP contribution in [0.1, 0.15) is 57.7 Å². The van der Waals surface area contributed by atoms with Gasteiger partial charge in [0.25, 0.3) is 5.91 Å². The van der Waals surface area contributed by atoms with Crippen LogP contribution in [0.4, 0.5) is 13.2 Å². The van der Waals surface area contributed by atoms with E-state index in [2.05, 4.69) is 17.3 Å². The number of halogens is 5. The molecular formula is C33H31Cl2F3N6O4S2. The van der Waals surface area contributed by atoms with Crippen LogP contribution >= 0.6 is 34.5 Å². The highest BCUT2D eigenvalue weighted by molar-refractivity contribution is 7.69. The number of hydrazine groups is 2. The van der Waals surface area contributed by atoms with Gasteiger partial charge in [-0.3, -0.25) is 10.2 Å². The van der Waals surface area contributed by atoms with Gasteiger partial charge in [0.05, 0.1) is 44.4 Å². The Morgan fingerprint density at radius 3 is 2.42 bits per heavy atom. The summed E-state index contributed by atoms with van der Waals surface area (Å²) in [6, 6.07) is 12.8. The Hall–Kier alpha value is -3.46. The quantitative estimate of drug-likeness (QED) is 0.155. The summed E-state index contributed by atoms with van der Waals surface area (Å²) >= 11 is 14.1. The van der Waals surface area contributed by atoms with Gasteiger partial charge in [-0.2, -0.15) is 18.3 Å². The molecule has 0 unspecified atom stereocenters. The van der Waals surface area contributed by atoms with Crippen LogP contribution in [-0.2, 0) is 23.6 Å². The molecule has 50 heavy (non-hydrogen) atoms. The molecule has 4 aromatic rings. The van der Waals surface area contributed by atoms with E-state index in [1.807, 2.05) is 5.01 Å². The normalized spacial score (nSPS) is 17.3. The Morgan fingerprint density at radius 1 is 1.04 bits per heavy atom. The predicted octanol–water partition coefficient (Wildman–Crippen LogP) is 5.77. The van der Waals surface area contributed by atoms with Gasteiger partial charge < -0.3 is 5.11 Å². The number of β-amino-alcohol motifs (C(OH)–C–C–N with tert-alkyl or cyclic N) is 1. The minimum Gasteiger partial charge on any atom is -0.392 e. The first-order valence-corrected chi connectivity index (χ1v) is 18.3. The van der Waals surface area contributed by atoms with Gasteiger partial charge in [0.2, 0.25) is 10.9 Å². The molecule has 0 bridgehead atoms. The number of thiol groups is 1. The number of benzene rings is 2. The molecule has 264 valence electrons. The van der Waals surface area contributed by atoms with E-state index in [1.54, 1.807) is 24.3 Å². The average molecular weight is 768 g/mol. The van der Waals surface area contributed by atoms with Crippen molar-refractivity contribution in [2.45, 2.75) is 44.5 Å². The number of nitrogens with one attached hydrogen (secondary N) is 1. The minimum absolute atomic E-state index is 0.0241. The van der Waals surface area contributed by atoms with Crippen molar-refractivity contribution in [2.24, 2.45) is 0 Å². The van der Waals surface area contributed by atoms with Gasteiger partial charge in [-0.25, -0.2) is 23.1 Å². The summed E-state index contributed by atoms with van der Waals surface area (Å²) < 4.78 is 67.1. The monoisotopic (exact) mass is 766 g/mol. The number of piperidine rings is 1. The Labute approximate surface area is 302 Å². The van der Waals surface area contributed by atoms with E-state index in [4.69, 9.17) is 28.3 Å². The van der Waals surface area contributed by atoms with Gasteiger partial charge in [-0.15, -0.1) is 15.8 Å². The molecule has 2 aromatic heterocycles. The van der Waals surface area contributed by atoms with Crippen molar-refractivity contribution in [3.05, 3.63) is 91.9 Å². The van der Waals surface area contributed by atoms with Crippen molar-refractivity contribution in [1.82, 2.24) is 29.6 Å². The molecule has 1 amide bonds.